The number of primary amides is 1. The lowest BCUT2D eigenvalue weighted by molar-refractivity contribution is 0.249. The van der Waals surface area contributed by atoms with E-state index in [1.165, 1.54) is 64.2 Å². The second-order valence-corrected chi connectivity index (χ2v) is 5.22. The largest absolute Gasteiger partial charge is 0.352 e. The number of urea groups is 1. The zero-order valence-electron chi connectivity index (χ0n) is 12.7. The summed E-state index contributed by atoms with van der Waals surface area (Å²) in [4.78, 5) is 10.4. The van der Waals surface area contributed by atoms with Crippen molar-refractivity contribution in [1.82, 2.24) is 10.6 Å². The van der Waals surface area contributed by atoms with Gasteiger partial charge in [-0.25, -0.2) is 4.79 Å². The van der Waals surface area contributed by atoms with E-state index in [1.807, 2.05) is 0 Å². The van der Waals surface area contributed by atoms with Crippen LogP contribution in [0.2, 0.25) is 0 Å². The molecule has 0 fully saturated rings. The molecule has 0 saturated carbocycles. The number of carbonyl (C=O) groups excluding carboxylic acids is 1. The summed E-state index contributed by atoms with van der Waals surface area (Å²) >= 11 is 0. The van der Waals surface area contributed by atoms with Gasteiger partial charge in [-0.3, -0.25) is 0 Å². The van der Waals surface area contributed by atoms with Gasteiger partial charge in [0.2, 0.25) is 0 Å². The van der Waals surface area contributed by atoms with Crippen molar-refractivity contribution in [3.63, 3.8) is 0 Å². The molecule has 0 spiro atoms. The number of rotatable bonds is 14. The minimum Gasteiger partial charge on any atom is -0.352 e. The van der Waals surface area contributed by atoms with E-state index >= 15 is 0 Å². The molecule has 19 heavy (non-hydrogen) atoms. The molecule has 0 aliphatic carbocycles. The van der Waals surface area contributed by atoms with E-state index in [0.29, 0.717) is 6.54 Å². The van der Waals surface area contributed by atoms with E-state index in [0.717, 1.165) is 13.1 Å². The Kier molecular flexibility index (Phi) is 14.7. The number of hydrogen-bond acceptors (Lipinski definition) is 2. The predicted molar refractivity (Wildman–Crippen MR) is 82.3 cm³/mol. The molecule has 4 nitrogen and oxygen atoms in total. The van der Waals surface area contributed by atoms with Crippen molar-refractivity contribution in [2.75, 3.05) is 19.6 Å². The third-order valence-corrected chi connectivity index (χ3v) is 3.31. The molecular weight excluding hydrogens is 238 g/mol. The van der Waals surface area contributed by atoms with E-state index in [9.17, 15) is 4.79 Å². The molecule has 0 heterocycles. The normalized spacial score (nSPS) is 10.6. The third-order valence-electron chi connectivity index (χ3n) is 3.31. The summed E-state index contributed by atoms with van der Waals surface area (Å²) < 4.78 is 0. The Morgan fingerprint density at radius 3 is 1.84 bits per heavy atom. The number of unbranched alkanes of at least 4 members (excludes halogenated alkanes) is 9. The molecule has 0 aromatic carbocycles. The highest BCUT2D eigenvalue weighted by Crippen LogP contribution is 2.10. The third kappa shape index (κ3) is 17.2. The molecular formula is C15H33N3O. The monoisotopic (exact) mass is 271 g/mol. The molecule has 0 aromatic rings. The lowest BCUT2D eigenvalue weighted by Crippen LogP contribution is -2.35. The number of nitrogens with two attached hydrogens (primary N) is 1. The van der Waals surface area contributed by atoms with Gasteiger partial charge in [-0.2, -0.15) is 0 Å². The topological polar surface area (TPSA) is 67.2 Å². The molecule has 0 atom stereocenters. The number of amides is 2. The first-order chi connectivity index (χ1) is 9.27. The van der Waals surface area contributed by atoms with Crippen LogP contribution in [0.4, 0.5) is 4.79 Å². The van der Waals surface area contributed by atoms with Crippen LogP contribution in [0.1, 0.15) is 71.1 Å². The van der Waals surface area contributed by atoms with Crippen molar-refractivity contribution < 1.29 is 4.79 Å². The van der Waals surface area contributed by atoms with Crippen molar-refractivity contribution in [2.45, 2.75) is 71.1 Å². The zero-order valence-corrected chi connectivity index (χ0v) is 12.7. The van der Waals surface area contributed by atoms with E-state index in [2.05, 4.69) is 17.6 Å². The fourth-order valence-corrected chi connectivity index (χ4v) is 2.14. The van der Waals surface area contributed by atoms with Gasteiger partial charge >= 0.3 is 6.03 Å². The Balaban J connectivity index is 2.93. The maximum Gasteiger partial charge on any atom is 0.312 e. The second-order valence-electron chi connectivity index (χ2n) is 5.22. The molecule has 4 heteroatoms. The summed E-state index contributed by atoms with van der Waals surface area (Å²) in [5.41, 5.74) is 4.96. The number of carbonyl (C=O) groups is 1. The molecule has 0 aliphatic heterocycles. The molecule has 114 valence electrons. The van der Waals surface area contributed by atoms with Crippen molar-refractivity contribution in [3.05, 3.63) is 0 Å². The van der Waals surface area contributed by atoms with Gasteiger partial charge in [0.15, 0.2) is 0 Å². The van der Waals surface area contributed by atoms with Crippen LogP contribution in [0.5, 0.6) is 0 Å². The maximum absolute atomic E-state index is 10.4. The lowest BCUT2D eigenvalue weighted by atomic mass is 10.1. The first kappa shape index (κ1) is 18.2. The van der Waals surface area contributed by atoms with Gasteiger partial charge in [0.05, 0.1) is 0 Å². The van der Waals surface area contributed by atoms with Crippen molar-refractivity contribution in [1.29, 1.82) is 0 Å². The standard InChI is InChI=1S/C15H33N3O/c1-2-3-4-5-6-7-8-9-10-11-12-17-13-14-18-15(16)19/h17H,2-14H2,1H3,(H3,16,18,19). The van der Waals surface area contributed by atoms with E-state index < -0.39 is 6.03 Å². The minimum atomic E-state index is -0.444. The summed E-state index contributed by atoms with van der Waals surface area (Å²) in [5.74, 6) is 0. The van der Waals surface area contributed by atoms with E-state index in [-0.39, 0.29) is 0 Å². The fraction of sp³-hybridized carbons (Fsp3) is 0.933. The SMILES string of the molecule is CCCCCCCCCCCCNCCNC(N)=O. The first-order valence-electron chi connectivity index (χ1n) is 8.01. The Morgan fingerprint density at radius 1 is 0.789 bits per heavy atom. The fourth-order valence-electron chi connectivity index (χ4n) is 2.14. The minimum absolute atomic E-state index is 0.444. The summed E-state index contributed by atoms with van der Waals surface area (Å²) in [7, 11) is 0. The van der Waals surface area contributed by atoms with Crippen LogP contribution >= 0.6 is 0 Å². The van der Waals surface area contributed by atoms with E-state index in [4.69, 9.17) is 5.73 Å². The quantitative estimate of drug-likeness (QED) is 0.425. The van der Waals surface area contributed by atoms with Gasteiger partial charge in [0.25, 0.3) is 0 Å². The van der Waals surface area contributed by atoms with Crippen LogP contribution in [0.3, 0.4) is 0 Å². The summed E-state index contributed by atoms with van der Waals surface area (Å²) in [6.07, 6.45) is 13.7. The Labute approximate surface area is 118 Å². The van der Waals surface area contributed by atoms with Crippen LogP contribution in [-0.2, 0) is 0 Å². The highest BCUT2D eigenvalue weighted by atomic mass is 16.2. The van der Waals surface area contributed by atoms with Crippen molar-refractivity contribution in [2.24, 2.45) is 5.73 Å². The van der Waals surface area contributed by atoms with Gasteiger partial charge in [0.1, 0.15) is 0 Å². The molecule has 2 amide bonds. The van der Waals surface area contributed by atoms with Crippen LogP contribution in [0.25, 0.3) is 0 Å². The van der Waals surface area contributed by atoms with Crippen LogP contribution in [-0.4, -0.2) is 25.7 Å². The summed E-state index contributed by atoms with van der Waals surface area (Å²) in [6.45, 7) is 4.72. The first-order valence-corrected chi connectivity index (χ1v) is 8.01. The number of hydrogen-bond donors (Lipinski definition) is 3. The smallest absolute Gasteiger partial charge is 0.312 e. The Morgan fingerprint density at radius 2 is 1.32 bits per heavy atom. The Bertz CT molecular complexity index is 198. The second kappa shape index (κ2) is 15.3. The summed E-state index contributed by atoms with van der Waals surface area (Å²) in [6, 6.07) is -0.444. The molecule has 0 aromatic heterocycles. The van der Waals surface area contributed by atoms with Gasteiger partial charge in [-0.1, -0.05) is 64.7 Å². The predicted octanol–water partition coefficient (Wildman–Crippen LogP) is 3.17. The van der Waals surface area contributed by atoms with Gasteiger partial charge in [0, 0.05) is 13.1 Å². The molecule has 0 saturated heterocycles. The maximum atomic E-state index is 10.4. The van der Waals surface area contributed by atoms with Crippen LogP contribution in [0, 0.1) is 0 Å². The van der Waals surface area contributed by atoms with Gasteiger partial charge in [-0.05, 0) is 13.0 Å². The average molecular weight is 271 g/mol. The van der Waals surface area contributed by atoms with Crippen LogP contribution in [0.15, 0.2) is 0 Å². The molecule has 0 unspecified atom stereocenters. The van der Waals surface area contributed by atoms with Gasteiger partial charge in [-0.15, -0.1) is 0 Å². The van der Waals surface area contributed by atoms with Crippen molar-refractivity contribution >= 4 is 6.03 Å². The summed E-state index contributed by atoms with van der Waals surface area (Å²) in [5, 5.41) is 5.86. The highest BCUT2D eigenvalue weighted by Gasteiger charge is 1.93. The molecule has 4 N–H and O–H groups in total. The molecule has 0 radical (unpaired) electrons. The van der Waals surface area contributed by atoms with E-state index in [1.54, 1.807) is 0 Å². The zero-order chi connectivity index (χ0) is 14.2. The van der Waals surface area contributed by atoms with Gasteiger partial charge < -0.3 is 16.4 Å². The van der Waals surface area contributed by atoms with Crippen LogP contribution < -0.4 is 16.4 Å². The lowest BCUT2D eigenvalue weighted by Gasteiger charge is -2.05. The Hall–Kier alpha value is -0.770. The molecule has 0 bridgehead atoms. The number of nitrogens with one attached hydrogen (secondary N) is 2. The average Bonchev–Trinajstić information content (AvgIpc) is 2.39. The molecule has 0 aliphatic rings. The molecule has 0 rings (SSSR count). The highest BCUT2D eigenvalue weighted by molar-refractivity contribution is 5.71. The van der Waals surface area contributed by atoms with Crippen molar-refractivity contribution in [3.8, 4) is 0 Å².